The maximum atomic E-state index is 12.2. The zero-order valence-electron chi connectivity index (χ0n) is 12.4. The summed E-state index contributed by atoms with van der Waals surface area (Å²) in [6.07, 6.45) is 0.931. The Hall–Kier alpha value is -2.34. The summed E-state index contributed by atoms with van der Waals surface area (Å²) in [5.41, 5.74) is 1.79. The standard InChI is InChI=1S/C17H16N2O3S/c20-17(13-4-2-1-3-5-13)23-16-10-11-18(12-16)14-6-8-15(9-7-14)19(21)22/h1-9,16H,10-12H2. The highest BCUT2D eigenvalue weighted by atomic mass is 32.2. The van der Waals surface area contributed by atoms with E-state index in [1.165, 1.54) is 23.9 Å². The third-order valence-corrected chi connectivity index (χ3v) is 5.02. The second kappa shape index (κ2) is 6.83. The van der Waals surface area contributed by atoms with Crippen LogP contribution in [-0.4, -0.2) is 28.4 Å². The van der Waals surface area contributed by atoms with Crippen molar-refractivity contribution in [3.63, 3.8) is 0 Å². The van der Waals surface area contributed by atoms with Crippen molar-refractivity contribution in [3.8, 4) is 0 Å². The number of nitro groups is 1. The first-order valence-corrected chi connectivity index (χ1v) is 8.27. The summed E-state index contributed by atoms with van der Waals surface area (Å²) >= 11 is 1.38. The fourth-order valence-corrected chi connectivity index (χ4v) is 3.69. The van der Waals surface area contributed by atoms with E-state index in [0.717, 1.165) is 30.8 Å². The van der Waals surface area contributed by atoms with Crippen molar-refractivity contribution in [2.24, 2.45) is 0 Å². The van der Waals surface area contributed by atoms with E-state index in [1.807, 2.05) is 30.3 Å². The Morgan fingerprint density at radius 1 is 1.13 bits per heavy atom. The molecule has 0 radical (unpaired) electrons. The van der Waals surface area contributed by atoms with Gasteiger partial charge in [0.1, 0.15) is 0 Å². The molecule has 1 aliphatic rings. The molecule has 2 aromatic carbocycles. The van der Waals surface area contributed by atoms with Gasteiger partial charge >= 0.3 is 0 Å². The van der Waals surface area contributed by atoms with Gasteiger partial charge in [0.15, 0.2) is 0 Å². The minimum absolute atomic E-state index is 0.0955. The van der Waals surface area contributed by atoms with Crippen LogP contribution in [0, 0.1) is 10.1 Å². The maximum Gasteiger partial charge on any atom is 0.269 e. The van der Waals surface area contributed by atoms with Crippen LogP contribution in [0.15, 0.2) is 54.6 Å². The lowest BCUT2D eigenvalue weighted by Gasteiger charge is -2.18. The Kier molecular flexibility index (Phi) is 4.62. The molecule has 0 amide bonds. The molecule has 0 aromatic heterocycles. The topological polar surface area (TPSA) is 63.5 Å². The predicted molar refractivity (Wildman–Crippen MR) is 92.1 cm³/mol. The molecule has 0 aliphatic carbocycles. The van der Waals surface area contributed by atoms with E-state index in [1.54, 1.807) is 12.1 Å². The molecule has 1 heterocycles. The number of carbonyl (C=O) groups excluding carboxylic acids is 1. The maximum absolute atomic E-state index is 12.2. The molecule has 118 valence electrons. The first-order valence-electron chi connectivity index (χ1n) is 7.39. The number of thioether (sulfide) groups is 1. The van der Waals surface area contributed by atoms with Gasteiger partial charge in [-0.15, -0.1) is 0 Å². The molecule has 0 saturated carbocycles. The molecule has 1 atom stereocenters. The van der Waals surface area contributed by atoms with Crippen LogP contribution in [0.2, 0.25) is 0 Å². The third-order valence-electron chi connectivity index (χ3n) is 3.85. The Labute approximate surface area is 138 Å². The molecule has 0 N–H and O–H groups in total. The zero-order valence-corrected chi connectivity index (χ0v) is 13.2. The summed E-state index contributed by atoms with van der Waals surface area (Å²) in [4.78, 5) is 24.7. The number of hydrogen-bond acceptors (Lipinski definition) is 5. The summed E-state index contributed by atoms with van der Waals surface area (Å²) in [6.45, 7) is 1.64. The van der Waals surface area contributed by atoms with Gasteiger partial charge in [-0.05, 0) is 18.6 Å². The zero-order chi connectivity index (χ0) is 16.2. The molecule has 1 unspecified atom stereocenters. The number of non-ortho nitro benzene ring substituents is 1. The number of nitrogens with zero attached hydrogens (tertiary/aromatic N) is 2. The van der Waals surface area contributed by atoms with Crippen molar-refractivity contribution in [2.45, 2.75) is 11.7 Å². The highest BCUT2D eigenvalue weighted by molar-refractivity contribution is 8.14. The molecule has 23 heavy (non-hydrogen) atoms. The van der Waals surface area contributed by atoms with Gasteiger partial charge in [0.25, 0.3) is 5.69 Å². The minimum atomic E-state index is -0.398. The van der Waals surface area contributed by atoms with Gasteiger partial charge in [0.05, 0.1) is 4.92 Å². The number of rotatable bonds is 4. The van der Waals surface area contributed by atoms with E-state index >= 15 is 0 Å². The number of benzene rings is 2. The Balaban J connectivity index is 1.60. The summed E-state index contributed by atoms with van der Waals surface area (Å²) in [7, 11) is 0. The normalized spacial score (nSPS) is 17.2. The van der Waals surface area contributed by atoms with Crippen molar-refractivity contribution >= 4 is 28.3 Å². The van der Waals surface area contributed by atoms with Crippen molar-refractivity contribution < 1.29 is 9.72 Å². The predicted octanol–water partition coefficient (Wildman–Crippen LogP) is 3.75. The van der Waals surface area contributed by atoms with E-state index in [-0.39, 0.29) is 16.1 Å². The Bertz CT molecular complexity index is 704. The van der Waals surface area contributed by atoms with Crippen LogP contribution in [0.1, 0.15) is 16.8 Å². The number of hydrogen-bond donors (Lipinski definition) is 0. The minimum Gasteiger partial charge on any atom is -0.370 e. The monoisotopic (exact) mass is 328 g/mol. The van der Waals surface area contributed by atoms with Gasteiger partial charge in [0, 0.05) is 41.7 Å². The van der Waals surface area contributed by atoms with Crippen molar-refractivity contribution in [2.75, 3.05) is 18.0 Å². The van der Waals surface area contributed by atoms with Crippen molar-refractivity contribution in [3.05, 3.63) is 70.3 Å². The van der Waals surface area contributed by atoms with Crippen LogP contribution in [-0.2, 0) is 0 Å². The van der Waals surface area contributed by atoms with Gasteiger partial charge in [-0.2, -0.15) is 0 Å². The summed E-state index contributed by atoms with van der Waals surface area (Å²) in [5.74, 6) is 0. The quantitative estimate of drug-likeness (QED) is 0.632. The van der Waals surface area contributed by atoms with E-state index in [4.69, 9.17) is 0 Å². The SMILES string of the molecule is O=C(SC1CCN(c2ccc([N+](=O)[O-])cc2)C1)c1ccccc1. The molecule has 5 nitrogen and oxygen atoms in total. The first-order chi connectivity index (χ1) is 11.1. The van der Waals surface area contributed by atoms with Crippen LogP contribution in [0.4, 0.5) is 11.4 Å². The molecule has 6 heteroatoms. The van der Waals surface area contributed by atoms with Crippen LogP contribution in [0.3, 0.4) is 0 Å². The smallest absolute Gasteiger partial charge is 0.269 e. The number of nitro benzene ring substituents is 1. The lowest BCUT2D eigenvalue weighted by atomic mass is 10.2. The lowest BCUT2D eigenvalue weighted by molar-refractivity contribution is -0.384. The van der Waals surface area contributed by atoms with Crippen LogP contribution < -0.4 is 4.90 Å². The van der Waals surface area contributed by atoms with Crippen molar-refractivity contribution in [1.29, 1.82) is 0 Å². The molecule has 0 spiro atoms. The van der Waals surface area contributed by atoms with Gasteiger partial charge in [-0.25, -0.2) is 0 Å². The molecule has 1 fully saturated rings. The molecule has 1 saturated heterocycles. The molecular weight excluding hydrogens is 312 g/mol. The molecule has 0 bridgehead atoms. The molecular formula is C17H16N2O3S. The Morgan fingerprint density at radius 2 is 1.83 bits per heavy atom. The molecule has 2 aromatic rings. The summed E-state index contributed by atoms with van der Waals surface area (Å²) < 4.78 is 0. The average molecular weight is 328 g/mol. The summed E-state index contributed by atoms with van der Waals surface area (Å²) in [6, 6.07) is 15.9. The van der Waals surface area contributed by atoms with E-state index < -0.39 is 4.92 Å². The highest BCUT2D eigenvalue weighted by Gasteiger charge is 2.26. The van der Waals surface area contributed by atoms with E-state index in [2.05, 4.69) is 4.90 Å². The van der Waals surface area contributed by atoms with Crippen LogP contribution >= 0.6 is 11.8 Å². The fraction of sp³-hybridized carbons (Fsp3) is 0.235. The summed E-state index contributed by atoms with van der Waals surface area (Å²) in [5, 5.41) is 11.0. The second-order valence-corrected chi connectivity index (χ2v) is 6.67. The fourth-order valence-electron chi connectivity index (χ4n) is 2.64. The van der Waals surface area contributed by atoms with Crippen LogP contribution in [0.25, 0.3) is 0 Å². The van der Waals surface area contributed by atoms with Gasteiger partial charge < -0.3 is 4.90 Å². The van der Waals surface area contributed by atoms with Gasteiger partial charge in [0.2, 0.25) is 5.12 Å². The van der Waals surface area contributed by atoms with Gasteiger partial charge in [-0.3, -0.25) is 14.9 Å². The Morgan fingerprint density at radius 3 is 2.48 bits per heavy atom. The van der Waals surface area contributed by atoms with Crippen LogP contribution in [0.5, 0.6) is 0 Å². The van der Waals surface area contributed by atoms with Gasteiger partial charge in [-0.1, -0.05) is 42.1 Å². The molecule has 3 rings (SSSR count). The lowest BCUT2D eigenvalue weighted by Crippen LogP contribution is -2.20. The largest absolute Gasteiger partial charge is 0.370 e. The number of anilines is 1. The first kappa shape index (κ1) is 15.6. The second-order valence-electron chi connectivity index (χ2n) is 5.40. The molecule has 1 aliphatic heterocycles. The highest BCUT2D eigenvalue weighted by Crippen LogP contribution is 2.30. The van der Waals surface area contributed by atoms with Crippen molar-refractivity contribution in [1.82, 2.24) is 0 Å². The third kappa shape index (κ3) is 3.71. The van der Waals surface area contributed by atoms with E-state index in [9.17, 15) is 14.9 Å². The average Bonchev–Trinajstić information content (AvgIpc) is 3.04. The number of carbonyl (C=O) groups is 1. The van der Waals surface area contributed by atoms with E-state index in [0.29, 0.717) is 0 Å².